The molecule has 0 aromatic carbocycles. The molecule has 1 unspecified atom stereocenters. The second-order valence-electron chi connectivity index (χ2n) is 9.84. The van der Waals surface area contributed by atoms with Crippen molar-refractivity contribution in [3.05, 3.63) is 23.8 Å². The summed E-state index contributed by atoms with van der Waals surface area (Å²) in [5, 5.41) is 11.6. The Bertz CT molecular complexity index is 817. The van der Waals surface area contributed by atoms with E-state index in [-0.39, 0.29) is 52.3 Å². The van der Waals surface area contributed by atoms with Gasteiger partial charge in [0.15, 0.2) is 11.6 Å². The van der Waals surface area contributed by atoms with Crippen LogP contribution in [-0.4, -0.2) is 39.9 Å². The number of Topliss-reactive ketones (excluding diaryl/α,β-unsaturated/α-hetero) is 1. The number of hydrogen-bond donors (Lipinski definition) is 1. The first-order valence-corrected chi connectivity index (χ1v) is 10.6. The van der Waals surface area contributed by atoms with Gasteiger partial charge in [-0.05, 0) is 62.5 Å². The van der Waals surface area contributed by atoms with E-state index in [1.807, 2.05) is 13.0 Å². The van der Waals surface area contributed by atoms with Gasteiger partial charge in [0.1, 0.15) is 11.2 Å². The third-order valence-electron chi connectivity index (χ3n) is 9.06. The number of aliphatic hydroxyl groups is 1. The van der Waals surface area contributed by atoms with Crippen molar-refractivity contribution in [2.45, 2.75) is 63.8 Å². The average molecular weight is 391 g/mol. The van der Waals surface area contributed by atoms with Crippen molar-refractivity contribution in [3.63, 3.8) is 0 Å². The summed E-state index contributed by atoms with van der Waals surface area (Å²) in [7, 11) is 0. The maximum Gasteiger partial charge on any atom is 0.179 e. The summed E-state index contributed by atoms with van der Waals surface area (Å²) in [6, 6.07) is 0. The summed E-state index contributed by atoms with van der Waals surface area (Å²) in [6.07, 6.45) is 8.83. The predicted molar refractivity (Wildman–Crippen MR) is 101 cm³/mol. The Morgan fingerprint density at radius 2 is 2.11 bits per heavy atom. The predicted octanol–water partition coefficient (Wildman–Crippen LogP) is 3.21. The fraction of sp³-hybridized carbons (Fsp3) is 0.727. The first-order valence-electron chi connectivity index (χ1n) is 10.1. The SMILES string of the molecule is C[C@@H]1C[C@H]2C3CCC4=CC(=O)C=C[C@]4(C)[C@@]34O[C@@H]4C[C@]2(C)[C@@]1(O)C(=O)CCl. The molecule has 8 atom stereocenters. The molecule has 0 aromatic heterocycles. The van der Waals surface area contributed by atoms with Crippen LogP contribution in [0.15, 0.2) is 23.8 Å². The van der Waals surface area contributed by atoms with Crippen molar-refractivity contribution in [2.24, 2.45) is 28.6 Å². The number of alkyl halides is 1. The van der Waals surface area contributed by atoms with E-state index < -0.39 is 11.0 Å². The molecular formula is C22H27ClO4. The normalized spacial score (nSPS) is 55.1. The van der Waals surface area contributed by atoms with Crippen LogP contribution in [-0.2, 0) is 14.3 Å². The van der Waals surface area contributed by atoms with Crippen LogP contribution in [0.1, 0.15) is 46.5 Å². The highest BCUT2D eigenvalue weighted by atomic mass is 35.5. The highest BCUT2D eigenvalue weighted by molar-refractivity contribution is 6.29. The van der Waals surface area contributed by atoms with Gasteiger partial charge in [-0.1, -0.05) is 25.5 Å². The van der Waals surface area contributed by atoms with E-state index >= 15 is 0 Å². The molecule has 0 bridgehead atoms. The highest BCUT2D eigenvalue weighted by Crippen LogP contribution is 2.76. The molecule has 5 aliphatic rings. The zero-order chi connectivity index (χ0) is 19.4. The Morgan fingerprint density at radius 1 is 1.37 bits per heavy atom. The Labute approximate surface area is 165 Å². The lowest BCUT2D eigenvalue weighted by Gasteiger charge is -2.55. The smallest absolute Gasteiger partial charge is 0.179 e. The van der Waals surface area contributed by atoms with Gasteiger partial charge in [-0.2, -0.15) is 0 Å². The summed E-state index contributed by atoms with van der Waals surface area (Å²) in [5.41, 5.74) is -1.29. The molecule has 1 N–H and O–H groups in total. The molecule has 1 heterocycles. The quantitative estimate of drug-likeness (QED) is 0.580. The third kappa shape index (κ3) is 1.79. The molecule has 146 valence electrons. The van der Waals surface area contributed by atoms with Crippen LogP contribution in [0.5, 0.6) is 0 Å². The summed E-state index contributed by atoms with van der Waals surface area (Å²) in [4.78, 5) is 24.7. The number of carbonyl (C=O) groups is 2. The molecule has 0 amide bonds. The van der Waals surface area contributed by atoms with Gasteiger partial charge in [-0.25, -0.2) is 0 Å². The van der Waals surface area contributed by atoms with E-state index in [0.717, 1.165) is 19.3 Å². The molecule has 5 rings (SSSR count). The van der Waals surface area contributed by atoms with E-state index in [1.165, 1.54) is 5.57 Å². The molecule has 0 aromatic rings. The number of ketones is 2. The summed E-state index contributed by atoms with van der Waals surface area (Å²) < 4.78 is 6.46. The largest absolute Gasteiger partial charge is 0.381 e. The summed E-state index contributed by atoms with van der Waals surface area (Å²) >= 11 is 5.90. The molecule has 1 saturated heterocycles. The van der Waals surface area contributed by atoms with Crippen molar-refractivity contribution in [1.29, 1.82) is 0 Å². The van der Waals surface area contributed by atoms with Crippen LogP contribution < -0.4 is 0 Å². The Kier molecular flexibility index (Phi) is 3.44. The lowest BCUT2D eigenvalue weighted by molar-refractivity contribution is -0.160. The van der Waals surface area contributed by atoms with Crippen molar-refractivity contribution in [1.82, 2.24) is 0 Å². The Morgan fingerprint density at radius 3 is 2.81 bits per heavy atom. The summed E-state index contributed by atoms with van der Waals surface area (Å²) in [5.74, 6) is 0.0439. The lowest BCUT2D eigenvalue weighted by atomic mass is 9.47. The van der Waals surface area contributed by atoms with Gasteiger partial charge < -0.3 is 9.84 Å². The van der Waals surface area contributed by atoms with E-state index in [0.29, 0.717) is 6.42 Å². The number of fused-ring (bicyclic) bond motifs is 3. The van der Waals surface area contributed by atoms with Crippen molar-refractivity contribution in [3.8, 4) is 0 Å². The number of ether oxygens (including phenoxy) is 1. The van der Waals surface area contributed by atoms with E-state index in [4.69, 9.17) is 16.3 Å². The Hall–Kier alpha value is -0.970. The lowest BCUT2D eigenvalue weighted by Crippen LogP contribution is -2.62. The molecule has 4 fully saturated rings. The average Bonchev–Trinajstić information content (AvgIpc) is 3.31. The molecule has 27 heavy (non-hydrogen) atoms. The fourth-order valence-corrected chi connectivity index (χ4v) is 7.88. The third-order valence-corrected chi connectivity index (χ3v) is 9.30. The van der Waals surface area contributed by atoms with Crippen molar-refractivity contribution < 1.29 is 19.4 Å². The first-order chi connectivity index (χ1) is 12.6. The second kappa shape index (κ2) is 5.14. The van der Waals surface area contributed by atoms with E-state index in [9.17, 15) is 14.7 Å². The highest BCUT2D eigenvalue weighted by Gasteiger charge is 2.81. The zero-order valence-electron chi connectivity index (χ0n) is 16.1. The number of allylic oxidation sites excluding steroid dienone is 2. The minimum atomic E-state index is -1.38. The number of epoxide rings is 1. The van der Waals surface area contributed by atoms with Gasteiger partial charge >= 0.3 is 0 Å². The van der Waals surface area contributed by atoms with Gasteiger partial charge in [-0.15, -0.1) is 11.6 Å². The Balaban J connectivity index is 1.60. The second-order valence-corrected chi connectivity index (χ2v) is 10.1. The van der Waals surface area contributed by atoms with Crippen LogP contribution in [0.25, 0.3) is 0 Å². The minimum absolute atomic E-state index is 0.00949. The molecule has 4 nitrogen and oxygen atoms in total. The maximum absolute atomic E-state index is 12.7. The van der Waals surface area contributed by atoms with Crippen LogP contribution >= 0.6 is 11.6 Å². The zero-order valence-corrected chi connectivity index (χ0v) is 16.9. The number of carbonyl (C=O) groups excluding carboxylic acids is 2. The van der Waals surface area contributed by atoms with Crippen LogP contribution in [0, 0.1) is 28.6 Å². The van der Waals surface area contributed by atoms with Gasteiger partial charge in [0.25, 0.3) is 0 Å². The van der Waals surface area contributed by atoms with Crippen LogP contribution in [0.3, 0.4) is 0 Å². The van der Waals surface area contributed by atoms with Gasteiger partial charge in [-0.3, -0.25) is 9.59 Å². The molecule has 4 aliphatic carbocycles. The fourth-order valence-electron chi connectivity index (χ4n) is 7.68. The number of hydrogen-bond acceptors (Lipinski definition) is 4. The molecule has 1 spiro atoms. The topological polar surface area (TPSA) is 66.9 Å². The molecule has 3 saturated carbocycles. The van der Waals surface area contributed by atoms with Crippen molar-refractivity contribution in [2.75, 3.05) is 5.88 Å². The van der Waals surface area contributed by atoms with E-state index in [1.54, 1.807) is 12.2 Å². The van der Waals surface area contributed by atoms with Crippen LogP contribution in [0.2, 0.25) is 0 Å². The first kappa shape index (κ1) is 18.1. The molecule has 0 radical (unpaired) electrons. The van der Waals surface area contributed by atoms with Gasteiger partial charge in [0.05, 0.1) is 12.0 Å². The van der Waals surface area contributed by atoms with Crippen molar-refractivity contribution >= 4 is 23.2 Å². The number of rotatable bonds is 2. The standard InChI is InChI=1S/C22H27ClO4/c1-12-8-16-15-5-4-13-9-14(24)6-7-19(13,2)22(15)18(27-22)10-20(16,3)21(12,26)17(25)11-23/h6-7,9,12,15-16,18,26H,4-5,8,10-11H2,1-3H3/t12-,15?,16+,18-,19+,20+,21+,22-/m1/s1. The van der Waals surface area contributed by atoms with Gasteiger partial charge in [0.2, 0.25) is 0 Å². The maximum atomic E-state index is 12.7. The van der Waals surface area contributed by atoms with Gasteiger partial charge in [0, 0.05) is 10.8 Å². The minimum Gasteiger partial charge on any atom is -0.381 e. The summed E-state index contributed by atoms with van der Waals surface area (Å²) in [6.45, 7) is 6.26. The molecule has 5 heteroatoms. The van der Waals surface area contributed by atoms with E-state index in [2.05, 4.69) is 13.8 Å². The van der Waals surface area contributed by atoms with Crippen LogP contribution in [0.4, 0.5) is 0 Å². The molecule has 1 aliphatic heterocycles. The monoisotopic (exact) mass is 390 g/mol. The molecular weight excluding hydrogens is 364 g/mol. The number of halogens is 1.